The van der Waals surface area contributed by atoms with E-state index in [1.165, 1.54) is 0 Å². The molecule has 0 aliphatic heterocycles. The molecule has 0 aromatic heterocycles. The third-order valence-corrected chi connectivity index (χ3v) is 7.66. The first-order valence-corrected chi connectivity index (χ1v) is 10.7. The lowest BCUT2D eigenvalue weighted by molar-refractivity contribution is -0.644. The van der Waals surface area contributed by atoms with Crippen LogP contribution in [0.3, 0.4) is 0 Å². The lowest BCUT2D eigenvalue weighted by Gasteiger charge is -2.17. The van der Waals surface area contributed by atoms with E-state index in [1.807, 2.05) is 84.9 Å². The van der Waals surface area contributed by atoms with Crippen LogP contribution in [0.15, 0.2) is 84.9 Å². The maximum atomic E-state index is 12.5. The average Bonchev–Trinajstić information content (AvgIpc) is 3.71. The van der Waals surface area contributed by atoms with E-state index in [0.717, 1.165) is 32.7 Å². The normalized spacial score (nSPS) is 28.5. The van der Waals surface area contributed by atoms with Crippen molar-refractivity contribution in [2.75, 3.05) is 0 Å². The van der Waals surface area contributed by atoms with Gasteiger partial charge in [0, 0.05) is 22.7 Å². The zero-order valence-corrected chi connectivity index (χ0v) is 17.2. The van der Waals surface area contributed by atoms with Crippen molar-refractivity contribution in [2.24, 2.45) is 0 Å². The monoisotopic (exact) mass is 424 g/mol. The summed E-state index contributed by atoms with van der Waals surface area (Å²) < 4.78 is 0. The molecule has 0 heterocycles. The van der Waals surface area contributed by atoms with Crippen molar-refractivity contribution < 1.29 is 9.85 Å². The van der Waals surface area contributed by atoms with Crippen LogP contribution in [0.1, 0.15) is 35.8 Å². The summed E-state index contributed by atoms with van der Waals surface area (Å²) >= 11 is 0. The quantitative estimate of drug-likeness (QED) is 0.304. The van der Waals surface area contributed by atoms with Crippen molar-refractivity contribution in [2.45, 2.75) is 35.8 Å². The lowest BCUT2D eigenvalue weighted by Crippen LogP contribution is -2.47. The summed E-state index contributed by atoms with van der Waals surface area (Å²) in [6.45, 7) is 0. The SMILES string of the molecule is O=[N+]([O-])[C@]1([C@]2([N+](=O)[O-])C[C@@H]2c2cccc3ccccc23)C[C@H]1c1cccc2ccccc12. The van der Waals surface area contributed by atoms with Crippen LogP contribution in [-0.2, 0) is 0 Å². The van der Waals surface area contributed by atoms with Gasteiger partial charge in [0.1, 0.15) is 0 Å². The smallest absolute Gasteiger partial charge is 0.264 e. The number of benzene rings is 4. The molecule has 6 heteroatoms. The van der Waals surface area contributed by atoms with Crippen LogP contribution in [-0.4, -0.2) is 20.9 Å². The Morgan fingerprint density at radius 3 is 1.38 bits per heavy atom. The van der Waals surface area contributed by atoms with E-state index in [0.29, 0.717) is 0 Å². The van der Waals surface area contributed by atoms with Crippen LogP contribution in [0.2, 0.25) is 0 Å². The van der Waals surface area contributed by atoms with Crippen molar-refractivity contribution in [3.8, 4) is 0 Å². The van der Waals surface area contributed by atoms with Gasteiger partial charge in [0.25, 0.3) is 11.1 Å². The fourth-order valence-corrected chi connectivity index (χ4v) is 6.02. The fourth-order valence-electron chi connectivity index (χ4n) is 6.02. The molecular weight excluding hydrogens is 404 g/mol. The molecule has 0 saturated heterocycles. The zero-order valence-electron chi connectivity index (χ0n) is 17.2. The summed E-state index contributed by atoms with van der Waals surface area (Å²) in [6.07, 6.45) is 0.381. The van der Waals surface area contributed by atoms with E-state index in [-0.39, 0.29) is 22.7 Å². The second-order valence-electron chi connectivity index (χ2n) is 9.01. The first-order chi connectivity index (χ1) is 15.5. The molecule has 2 aliphatic rings. The van der Waals surface area contributed by atoms with Gasteiger partial charge in [-0.2, -0.15) is 0 Å². The van der Waals surface area contributed by atoms with Crippen molar-refractivity contribution in [1.82, 2.24) is 0 Å². The molecule has 32 heavy (non-hydrogen) atoms. The van der Waals surface area contributed by atoms with E-state index >= 15 is 0 Å². The van der Waals surface area contributed by atoms with Gasteiger partial charge in [-0.05, 0) is 32.7 Å². The summed E-state index contributed by atoms with van der Waals surface area (Å²) in [5.41, 5.74) is -1.51. The Balaban J connectivity index is 1.50. The molecule has 2 fully saturated rings. The zero-order chi connectivity index (χ0) is 22.1. The molecular formula is C26H20N2O4. The number of rotatable bonds is 5. The fraction of sp³-hybridized carbons (Fsp3) is 0.231. The number of nitro groups is 2. The van der Waals surface area contributed by atoms with Crippen LogP contribution in [0.4, 0.5) is 0 Å². The van der Waals surface area contributed by atoms with Gasteiger partial charge in [-0.15, -0.1) is 0 Å². The minimum absolute atomic E-state index is 0.191. The second-order valence-corrected chi connectivity index (χ2v) is 9.01. The Bertz CT molecular complexity index is 1310. The van der Waals surface area contributed by atoms with Gasteiger partial charge in [0.15, 0.2) is 0 Å². The molecule has 4 aromatic carbocycles. The molecule has 0 radical (unpaired) electrons. The van der Waals surface area contributed by atoms with Crippen LogP contribution in [0.25, 0.3) is 21.5 Å². The van der Waals surface area contributed by atoms with E-state index in [4.69, 9.17) is 0 Å². The maximum Gasteiger partial charge on any atom is 0.299 e. The molecule has 158 valence electrons. The molecule has 2 saturated carbocycles. The Kier molecular flexibility index (Phi) is 3.76. The summed E-state index contributed by atoms with van der Waals surface area (Å²) in [6, 6.07) is 27.0. The summed E-state index contributed by atoms with van der Waals surface area (Å²) in [7, 11) is 0. The van der Waals surface area contributed by atoms with E-state index in [2.05, 4.69) is 0 Å². The number of hydrogen-bond donors (Lipinski definition) is 0. The molecule has 0 amide bonds. The van der Waals surface area contributed by atoms with Crippen molar-refractivity contribution in [1.29, 1.82) is 0 Å². The van der Waals surface area contributed by atoms with Gasteiger partial charge in [-0.1, -0.05) is 84.9 Å². The van der Waals surface area contributed by atoms with Crippen LogP contribution in [0, 0.1) is 20.2 Å². The predicted octanol–water partition coefficient (Wildman–Crippen LogP) is 5.70. The van der Waals surface area contributed by atoms with Crippen molar-refractivity contribution in [3.05, 3.63) is 116 Å². The average molecular weight is 424 g/mol. The van der Waals surface area contributed by atoms with Crippen LogP contribution >= 0.6 is 0 Å². The third-order valence-electron chi connectivity index (χ3n) is 7.66. The third kappa shape index (κ3) is 2.29. The van der Waals surface area contributed by atoms with Crippen molar-refractivity contribution in [3.63, 3.8) is 0 Å². The van der Waals surface area contributed by atoms with Gasteiger partial charge in [-0.25, -0.2) is 0 Å². The number of hydrogen-bond acceptors (Lipinski definition) is 4. The molecule has 0 N–H and O–H groups in total. The molecule has 0 spiro atoms. The predicted molar refractivity (Wildman–Crippen MR) is 122 cm³/mol. The van der Waals surface area contributed by atoms with E-state index in [9.17, 15) is 20.2 Å². The van der Waals surface area contributed by atoms with Gasteiger partial charge >= 0.3 is 0 Å². The Morgan fingerprint density at radius 2 is 0.969 bits per heavy atom. The van der Waals surface area contributed by atoms with Gasteiger partial charge in [0.05, 0.1) is 11.8 Å². The molecule has 0 unspecified atom stereocenters. The van der Waals surface area contributed by atoms with Crippen LogP contribution in [0.5, 0.6) is 0 Å². The first kappa shape index (κ1) is 18.9. The molecule has 6 nitrogen and oxygen atoms in total. The standard InChI is InChI=1S/C26H20N2O4/c29-27(30)25(15-23(25)21-13-5-9-17-7-1-3-11-19(17)21)26(28(31)32)16-24(26)22-14-6-10-18-8-2-4-12-20(18)22/h1-14,23-24H,15-16H2/t23-,24+,25+,26-. The Labute approximate surface area is 183 Å². The highest BCUT2D eigenvalue weighted by Crippen LogP contribution is 2.73. The van der Waals surface area contributed by atoms with Gasteiger partial charge in [0.2, 0.25) is 0 Å². The molecule has 0 bridgehead atoms. The lowest BCUT2D eigenvalue weighted by atomic mass is 9.90. The van der Waals surface area contributed by atoms with Crippen molar-refractivity contribution >= 4 is 21.5 Å². The molecule has 6 rings (SSSR count). The number of nitrogens with zero attached hydrogens (tertiary/aromatic N) is 2. The minimum atomic E-state index is -1.60. The molecule has 4 atom stereocenters. The summed E-state index contributed by atoms with van der Waals surface area (Å²) in [4.78, 5) is 24.4. The Hall–Kier alpha value is -3.80. The minimum Gasteiger partial charge on any atom is -0.264 e. The van der Waals surface area contributed by atoms with Gasteiger partial charge < -0.3 is 0 Å². The van der Waals surface area contributed by atoms with Gasteiger partial charge in [-0.3, -0.25) is 20.2 Å². The second kappa shape index (κ2) is 6.36. The largest absolute Gasteiger partial charge is 0.299 e. The molecule has 4 aromatic rings. The number of fused-ring (bicyclic) bond motifs is 2. The topological polar surface area (TPSA) is 86.3 Å². The highest BCUT2D eigenvalue weighted by Gasteiger charge is 2.93. The summed E-state index contributed by atoms with van der Waals surface area (Å²) in [5.74, 6) is -0.956. The van der Waals surface area contributed by atoms with E-state index in [1.54, 1.807) is 0 Å². The first-order valence-electron chi connectivity index (χ1n) is 10.7. The maximum absolute atomic E-state index is 12.5. The van der Waals surface area contributed by atoms with Crippen LogP contribution < -0.4 is 0 Å². The Morgan fingerprint density at radius 1 is 0.594 bits per heavy atom. The van der Waals surface area contributed by atoms with E-state index < -0.39 is 22.9 Å². The highest BCUT2D eigenvalue weighted by atomic mass is 16.7. The molecule has 2 aliphatic carbocycles. The highest BCUT2D eigenvalue weighted by molar-refractivity contribution is 5.88. The summed E-state index contributed by atoms with van der Waals surface area (Å²) in [5, 5.41) is 28.9.